The van der Waals surface area contributed by atoms with E-state index in [2.05, 4.69) is 0 Å². The first-order valence-corrected chi connectivity index (χ1v) is 9.75. The molecule has 3 nitrogen and oxygen atoms in total. The molecule has 0 bridgehead atoms. The number of hydrogen-bond acceptors (Lipinski definition) is 3. The lowest BCUT2D eigenvalue weighted by Crippen LogP contribution is -2.28. The van der Waals surface area contributed by atoms with Gasteiger partial charge in [-0.15, -0.1) is 0 Å². The van der Waals surface area contributed by atoms with Gasteiger partial charge in [0.1, 0.15) is 5.76 Å². The van der Waals surface area contributed by atoms with E-state index in [9.17, 15) is 14.7 Å². The third-order valence-corrected chi connectivity index (χ3v) is 6.64. The second-order valence-electron chi connectivity index (χ2n) is 8.05. The summed E-state index contributed by atoms with van der Waals surface area (Å²) in [7, 11) is 0. The Morgan fingerprint density at radius 2 is 1.60 bits per heavy atom. The zero-order valence-electron chi connectivity index (χ0n) is 14.7. The Bertz CT molecular complexity index is 731. The molecule has 1 aromatic rings. The number of hydrogen-bond donors (Lipinski definition) is 1. The van der Waals surface area contributed by atoms with Gasteiger partial charge in [-0.05, 0) is 43.4 Å². The average molecular weight is 338 g/mol. The molecule has 2 saturated carbocycles. The second-order valence-corrected chi connectivity index (χ2v) is 8.05. The summed E-state index contributed by atoms with van der Waals surface area (Å²) >= 11 is 0. The fraction of sp³-hybridized carbons (Fsp3) is 0.545. The van der Waals surface area contributed by atoms with Crippen LogP contribution in [0.4, 0.5) is 0 Å². The second kappa shape index (κ2) is 6.78. The molecule has 1 N–H and O–H groups in total. The van der Waals surface area contributed by atoms with Crippen molar-refractivity contribution in [2.24, 2.45) is 17.8 Å². The molecular formula is C22H26O3. The van der Waals surface area contributed by atoms with Gasteiger partial charge in [-0.2, -0.15) is 0 Å². The Morgan fingerprint density at radius 3 is 2.40 bits per heavy atom. The zero-order valence-corrected chi connectivity index (χ0v) is 14.7. The van der Waals surface area contributed by atoms with Gasteiger partial charge in [0.25, 0.3) is 0 Å². The number of benzene rings is 1. The summed E-state index contributed by atoms with van der Waals surface area (Å²) in [6, 6.07) is 6.86. The summed E-state index contributed by atoms with van der Waals surface area (Å²) in [5.74, 6) is 1.44. The molecule has 0 aliphatic heterocycles. The van der Waals surface area contributed by atoms with Crippen LogP contribution in [-0.2, 0) is 4.79 Å². The van der Waals surface area contributed by atoms with Gasteiger partial charge < -0.3 is 5.11 Å². The van der Waals surface area contributed by atoms with E-state index in [1.807, 2.05) is 0 Å². The first-order valence-electron chi connectivity index (χ1n) is 9.75. The maximum atomic E-state index is 12.4. The summed E-state index contributed by atoms with van der Waals surface area (Å²) in [5, 5.41) is 10.5. The van der Waals surface area contributed by atoms with Gasteiger partial charge in [-0.1, -0.05) is 56.4 Å². The van der Waals surface area contributed by atoms with Gasteiger partial charge in [-0.3, -0.25) is 9.59 Å². The van der Waals surface area contributed by atoms with Crippen LogP contribution in [0.3, 0.4) is 0 Å². The topological polar surface area (TPSA) is 54.4 Å². The first-order chi connectivity index (χ1) is 12.1. The van der Waals surface area contributed by atoms with Crippen LogP contribution < -0.4 is 0 Å². The maximum absolute atomic E-state index is 12.4. The van der Waals surface area contributed by atoms with Crippen molar-refractivity contribution in [3.8, 4) is 0 Å². The molecule has 3 aliphatic carbocycles. The van der Waals surface area contributed by atoms with Gasteiger partial charge >= 0.3 is 0 Å². The van der Waals surface area contributed by atoms with Crippen molar-refractivity contribution in [1.29, 1.82) is 0 Å². The van der Waals surface area contributed by atoms with E-state index in [1.54, 1.807) is 24.3 Å². The van der Waals surface area contributed by atoms with Crippen molar-refractivity contribution in [2.45, 2.75) is 57.8 Å². The molecule has 0 heterocycles. The number of carbonyl (C=O) groups excluding carboxylic acids is 2. The van der Waals surface area contributed by atoms with Gasteiger partial charge in [0, 0.05) is 16.7 Å². The predicted octanol–water partition coefficient (Wildman–Crippen LogP) is 5.11. The molecule has 25 heavy (non-hydrogen) atoms. The number of rotatable bonds is 3. The van der Waals surface area contributed by atoms with Crippen LogP contribution in [-0.4, -0.2) is 16.7 Å². The minimum absolute atomic E-state index is 0.0200. The first kappa shape index (κ1) is 16.6. The molecule has 0 saturated heterocycles. The Morgan fingerprint density at radius 1 is 0.880 bits per heavy atom. The predicted molar refractivity (Wildman–Crippen MR) is 97.4 cm³/mol. The summed E-state index contributed by atoms with van der Waals surface area (Å²) < 4.78 is 0. The van der Waals surface area contributed by atoms with E-state index < -0.39 is 11.6 Å². The molecule has 1 aromatic carbocycles. The summed E-state index contributed by atoms with van der Waals surface area (Å²) in [4.78, 5) is 24.7. The SMILES string of the molecule is O=C1C(=O)c2ccccc2C(O)=C1CC[C@@H]1CC[C@H]2CCCC[C@H]2C1. The normalized spacial score (nSPS) is 29.4. The van der Waals surface area contributed by atoms with Crippen LogP contribution >= 0.6 is 0 Å². The van der Waals surface area contributed by atoms with Crippen LogP contribution in [0, 0.1) is 17.8 Å². The van der Waals surface area contributed by atoms with E-state index in [0.717, 1.165) is 18.3 Å². The number of ketones is 2. The van der Waals surface area contributed by atoms with Crippen molar-refractivity contribution in [1.82, 2.24) is 0 Å². The minimum Gasteiger partial charge on any atom is -0.507 e. The van der Waals surface area contributed by atoms with Crippen molar-refractivity contribution in [3.05, 3.63) is 41.0 Å². The molecule has 0 spiro atoms. The van der Waals surface area contributed by atoms with Gasteiger partial charge in [-0.25, -0.2) is 0 Å². The monoisotopic (exact) mass is 338 g/mol. The maximum Gasteiger partial charge on any atom is 0.234 e. The molecule has 3 atom stereocenters. The highest BCUT2D eigenvalue weighted by Gasteiger charge is 2.35. The molecule has 3 heteroatoms. The largest absolute Gasteiger partial charge is 0.507 e. The van der Waals surface area contributed by atoms with Crippen LogP contribution in [0.5, 0.6) is 0 Å². The highest BCUT2D eigenvalue weighted by molar-refractivity contribution is 6.52. The van der Waals surface area contributed by atoms with Crippen LogP contribution in [0.15, 0.2) is 29.8 Å². The summed E-state index contributed by atoms with van der Waals surface area (Å²) in [6.07, 6.45) is 10.7. The number of Topliss-reactive ketones (excluding diaryl/α,β-unsaturated/α-hetero) is 2. The lowest BCUT2D eigenvalue weighted by molar-refractivity contribution is -0.112. The standard InChI is InChI=1S/C22H26O3/c23-20-17-7-3-4-8-18(17)21(24)22(25)19(20)12-10-14-9-11-15-5-1-2-6-16(15)13-14/h3-4,7-8,14-16,23H,1-2,5-6,9-13H2/t14-,15+,16-/m0/s1. The van der Waals surface area contributed by atoms with Crippen LogP contribution in [0.1, 0.15) is 73.7 Å². The minimum atomic E-state index is -0.512. The van der Waals surface area contributed by atoms with Gasteiger partial charge in [0.2, 0.25) is 11.6 Å². The molecule has 0 amide bonds. The molecule has 3 aliphatic rings. The highest BCUT2D eigenvalue weighted by atomic mass is 16.3. The third kappa shape index (κ3) is 3.05. The number of aliphatic hydroxyl groups is 1. The Kier molecular flexibility index (Phi) is 4.49. The van der Waals surface area contributed by atoms with E-state index in [4.69, 9.17) is 0 Å². The lowest BCUT2D eigenvalue weighted by atomic mass is 9.66. The Balaban J connectivity index is 1.47. The van der Waals surface area contributed by atoms with E-state index in [1.165, 1.54) is 44.9 Å². The van der Waals surface area contributed by atoms with E-state index in [0.29, 0.717) is 29.0 Å². The summed E-state index contributed by atoms with van der Waals surface area (Å²) in [5.41, 5.74) is 1.17. The number of aliphatic hydroxyl groups excluding tert-OH is 1. The van der Waals surface area contributed by atoms with Crippen molar-refractivity contribution in [3.63, 3.8) is 0 Å². The van der Waals surface area contributed by atoms with Crippen molar-refractivity contribution in [2.75, 3.05) is 0 Å². The molecule has 132 valence electrons. The number of allylic oxidation sites excluding steroid dienone is 1. The van der Waals surface area contributed by atoms with Gasteiger partial charge in [0.05, 0.1) is 0 Å². The number of fused-ring (bicyclic) bond motifs is 2. The fourth-order valence-corrected chi connectivity index (χ4v) is 5.23. The average Bonchev–Trinajstić information content (AvgIpc) is 2.66. The van der Waals surface area contributed by atoms with Crippen LogP contribution in [0.2, 0.25) is 0 Å². The third-order valence-electron chi connectivity index (χ3n) is 6.64. The van der Waals surface area contributed by atoms with E-state index >= 15 is 0 Å². The molecule has 0 aromatic heterocycles. The van der Waals surface area contributed by atoms with Gasteiger partial charge in [0.15, 0.2) is 0 Å². The Hall–Kier alpha value is -1.90. The smallest absolute Gasteiger partial charge is 0.234 e. The molecule has 2 fully saturated rings. The van der Waals surface area contributed by atoms with Crippen LogP contribution in [0.25, 0.3) is 5.76 Å². The molecular weight excluding hydrogens is 312 g/mol. The lowest BCUT2D eigenvalue weighted by Gasteiger charge is -2.39. The molecule has 0 unspecified atom stereocenters. The molecule has 0 radical (unpaired) electrons. The highest BCUT2D eigenvalue weighted by Crippen LogP contribution is 2.44. The molecule has 4 rings (SSSR count). The summed E-state index contributed by atoms with van der Waals surface area (Å²) in [6.45, 7) is 0. The van der Waals surface area contributed by atoms with E-state index in [-0.39, 0.29) is 5.76 Å². The quantitative estimate of drug-likeness (QED) is 0.779. The zero-order chi connectivity index (χ0) is 17.4. The van der Waals surface area contributed by atoms with Crippen molar-refractivity contribution < 1.29 is 14.7 Å². The number of carbonyl (C=O) groups is 2. The van der Waals surface area contributed by atoms with Crippen molar-refractivity contribution >= 4 is 17.3 Å². The fourth-order valence-electron chi connectivity index (χ4n) is 5.23. The Labute approximate surface area is 149 Å².